The third-order valence-corrected chi connectivity index (χ3v) is 7.87. The average molecular weight is 672 g/mol. The van der Waals surface area contributed by atoms with Crippen LogP contribution in [0.1, 0.15) is 25.4 Å². The lowest BCUT2D eigenvalue weighted by atomic mass is 9.84. The molecule has 3 heterocycles. The van der Waals surface area contributed by atoms with Crippen LogP contribution in [0.4, 0.5) is 5.13 Å². The first-order chi connectivity index (χ1) is 21.9. The van der Waals surface area contributed by atoms with Gasteiger partial charge in [0.05, 0.1) is 23.1 Å². The van der Waals surface area contributed by atoms with Crippen molar-refractivity contribution in [2.24, 2.45) is 10.9 Å². The molecule has 0 saturated carbocycles. The number of aromatic amines is 1. The number of nitrogens with zero attached hydrogens (tertiary/aromatic N) is 4. The Hall–Kier alpha value is -4.95. The molecule has 0 radical (unpaired) electrons. The fourth-order valence-corrected chi connectivity index (χ4v) is 5.44. The first-order valence-corrected chi connectivity index (χ1v) is 15.3. The van der Waals surface area contributed by atoms with Gasteiger partial charge in [0, 0.05) is 5.38 Å². The average Bonchev–Trinajstić information content (AvgIpc) is 3.65. The van der Waals surface area contributed by atoms with Crippen molar-refractivity contribution < 1.29 is 42.1 Å². The molecule has 3 atom stereocenters. The van der Waals surface area contributed by atoms with Crippen LogP contribution in [0.2, 0.25) is 0 Å². The van der Waals surface area contributed by atoms with E-state index in [-0.39, 0.29) is 10.8 Å². The summed E-state index contributed by atoms with van der Waals surface area (Å²) in [5.74, 6) is -2.22. The summed E-state index contributed by atoms with van der Waals surface area (Å²) < 4.78 is 31.9. The second kappa shape index (κ2) is 13.2. The van der Waals surface area contributed by atoms with Crippen molar-refractivity contribution in [3.8, 4) is 16.9 Å². The van der Waals surface area contributed by atoms with E-state index in [4.69, 9.17) is 21.0 Å². The number of anilines is 1. The molecule has 1 saturated heterocycles. The number of carboxylic acid groups (broad SMARTS) is 1. The van der Waals surface area contributed by atoms with Crippen molar-refractivity contribution in [1.82, 2.24) is 25.3 Å². The molecule has 2 aromatic heterocycles. The van der Waals surface area contributed by atoms with E-state index in [2.05, 4.69) is 29.7 Å². The van der Waals surface area contributed by atoms with Crippen molar-refractivity contribution in [2.75, 3.05) is 12.3 Å². The Morgan fingerprint density at radius 3 is 2.57 bits per heavy atom. The molecule has 0 bridgehead atoms. The number of carbonyl (C=O) groups excluding carboxylic acids is 2. The van der Waals surface area contributed by atoms with Gasteiger partial charge in [-0.1, -0.05) is 23.4 Å². The maximum atomic E-state index is 13.2. The van der Waals surface area contributed by atoms with Crippen LogP contribution in [0.5, 0.6) is 5.75 Å². The molecule has 1 aliphatic rings. The first kappa shape index (κ1) is 32.4. The zero-order valence-electron chi connectivity index (χ0n) is 24.2. The molecule has 19 heteroatoms. The van der Waals surface area contributed by atoms with E-state index < -0.39 is 59.1 Å². The number of carbonyl (C=O) groups is 3. The van der Waals surface area contributed by atoms with Crippen LogP contribution in [-0.4, -0.2) is 81.7 Å². The molecule has 17 nitrogen and oxygen atoms in total. The summed E-state index contributed by atoms with van der Waals surface area (Å²) in [4.78, 5) is 54.4. The van der Waals surface area contributed by atoms with Gasteiger partial charge in [-0.2, -0.15) is 9.35 Å². The number of H-pyrrole nitrogens is 1. The molecule has 0 aliphatic carbocycles. The minimum atomic E-state index is -3.02. The van der Waals surface area contributed by atoms with E-state index in [1.54, 1.807) is 24.3 Å². The maximum absolute atomic E-state index is 13.2. The number of rotatable bonds is 13. The summed E-state index contributed by atoms with van der Waals surface area (Å²) in [6, 6.07) is 11.4. The molecular formula is C27H27N8O9S2-. The molecular weight excluding hydrogens is 644 g/mol. The van der Waals surface area contributed by atoms with Gasteiger partial charge >= 0.3 is 5.97 Å². The Kier molecular flexibility index (Phi) is 9.30. The summed E-state index contributed by atoms with van der Waals surface area (Å²) >= 11 is -2.03. The number of aromatic nitrogens is 3. The van der Waals surface area contributed by atoms with Crippen LogP contribution < -0.4 is 21.5 Å². The van der Waals surface area contributed by atoms with Gasteiger partial charge in [0.25, 0.3) is 17.9 Å². The number of thiazole rings is 1. The second-order valence-electron chi connectivity index (χ2n) is 10.4. The zero-order valence-corrected chi connectivity index (χ0v) is 25.8. The second-order valence-corrected chi connectivity index (χ2v) is 11.8. The Morgan fingerprint density at radius 2 is 1.96 bits per heavy atom. The molecule has 2 amide bonds. The number of hydrogen-bond acceptors (Lipinski definition) is 14. The van der Waals surface area contributed by atoms with Gasteiger partial charge in [-0.15, -0.1) is 11.3 Å². The van der Waals surface area contributed by atoms with Crippen LogP contribution in [0.3, 0.4) is 0 Å². The Labute approximate surface area is 267 Å². The fourth-order valence-electron chi connectivity index (χ4n) is 4.50. The first-order valence-electron chi connectivity index (χ1n) is 13.4. The summed E-state index contributed by atoms with van der Waals surface area (Å²) in [5.41, 5.74) is 13.0. The predicted octanol–water partition coefficient (Wildman–Crippen LogP) is 0.812. The van der Waals surface area contributed by atoms with E-state index in [0.717, 1.165) is 33.5 Å². The van der Waals surface area contributed by atoms with Crippen molar-refractivity contribution in [3.63, 3.8) is 0 Å². The lowest BCUT2D eigenvalue weighted by molar-refractivity contribution is -0.216. The topological polar surface area (TPSA) is 260 Å². The molecule has 0 spiro atoms. The van der Waals surface area contributed by atoms with Gasteiger partial charge in [0.2, 0.25) is 0 Å². The Balaban J connectivity index is 1.26. The van der Waals surface area contributed by atoms with Crippen molar-refractivity contribution in [2.45, 2.75) is 38.1 Å². The van der Waals surface area contributed by atoms with Gasteiger partial charge in [-0.25, -0.2) is 19.0 Å². The number of aliphatic carboxylic acids is 1. The number of imidazole rings is 1. The molecule has 1 fully saturated rings. The number of carboxylic acids is 1. The zero-order chi connectivity index (χ0) is 33.2. The summed E-state index contributed by atoms with van der Waals surface area (Å²) in [7, 11) is 0. The number of hydrogen-bond donors (Lipinski definition) is 5. The molecule has 5 rings (SSSR count). The Bertz CT molecular complexity index is 1840. The van der Waals surface area contributed by atoms with Crippen molar-refractivity contribution >= 4 is 62.4 Å². The minimum absolute atomic E-state index is 0.0495. The van der Waals surface area contributed by atoms with E-state index in [1.807, 2.05) is 18.2 Å². The normalized spacial score (nSPS) is 17.3. The number of nitrogens with two attached hydrogens (primary N) is 2. The largest absolute Gasteiger partial charge is 0.748 e. The van der Waals surface area contributed by atoms with E-state index in [9.17, 15) is 28.3 Å². The molecule has 7 N–H and O–H groups in total. The summed E-state index contributed by atoms with van der Waals surface area (Å²) in [5, 5.41) is 18.0. The smallest absolute Gasteiger partial charge is 0.351 e. The van der Waals surface area contributed by atoms with Gasteiger partial charge < -0.3 is 41.0 Å². The van der Waals surface area contributed by atoms with E-state index in [1.165, 1.54) is 19.2 Å². The molecule has 2 aromatic carbocycles. The lowest BCUT2D eigenvalue weighted by Crippen LogP contribution is -2.76. The molecule has 46 heavy (non-hydrogen) atoms. The van der Waals surface area contributed by atoms with Crippen LogP contribution in [-0.2, 0) is 41.4 Å². The number of amides is 2. The molecule has 242 valence electrons. The summed E-state index contributed by atoms with van der Waals surface area (Å²) in [6.07, 6.45) is -1.66. The van der Waals surface area contributed by atoms with E-state index >= 15 is 0 Å². The number of benzene rings is 2. The van der Waals surface area contributed by atoms with Gasteiger partial charge in [0.1, 0.15) is 41.3 Å². The molecule has 1 unspecified atom stereocenters. The van der Waals surface area contributed by atoms with Gasteiger partial charge in [-0.3, -0.25) is 9.59 Å². The van der Waals surface area contributed by atoms with Gasteiger partial charge in [0.15, 0.2) is 10.8 Å². The molecule has 4 aromatic rings. The standard InChI is InChI=1S/C27H28N8O9S2/c1-27(2)22(24(37)35(27)44-46(40)41)33-23(36)21(18-12-45-26(29)32-18)34-43-19(25(38)39)11-42-15-6-3-13(4-7-15)14-5-8-16-17(9-14)31-20(10-28)30-16/h3-9,12,19,22H,10-11,28H2,1-2H3,(H2,29,32)(H,30,31)(H,33,36)(H,38,39)(H,40,41)/p-1/b34-21-/t19-,22+/m0/s1. The number of nitrogen functional groups attached to an aromatic ring is 1. The third kappa shape index (κ3) is 6.82. The van der Waals surface area contributed by atoms with Crippen molar-refractivity contribution in [1.29, 1.82) is 0 Å². The number of hydroxylamine groups is 2. The van der Waals surface area contributed by atoms with Crippen LogP contribution in [0, 0.1) is 0 Å². The number of β-lactam (4-membered cyclic amide) rings is 1. The van der Waals surface area contributed by atoms with Crippen LogP contribution in [0.25, 0.3) is 22.2 Å². The number of nitrogens with one attached hydrogen (secondary N) is 2. The molecule has 1 aliphatic heterocycles. The summed E-state index contributed by atoms with van der Waals surface area (Å²) in [6.45, 7) is 2.72. The maximum Gasteiger partial charge on any atom is 0.351 e. The quantitative estimate of drug-likeness (QED) is 0.0571. The predicted molar refractivity (Wildman–Crippen MR) is 163 cm³/mol. The third-order valence-electron chi connectivity index (χ3n) is 6.93. The van der Waals surface area contributed by atoms with Crippen LogP contribution in [0.15, 0.2) is 53.0 Å². The highest BCUT2D eigenvalue weighted by Crippen LogP contribution is 2.32. The van der Waals surface area contributed by atoms with Gasteiger partial charge in [-0.05, 0) is 49.2 Å². The number of fused-ring (bicyclic) bond motifs is 1. The minimum Gasteiger partial charge on any atom is -0.748 e. The highest BCUT2D eigenvalue weighted by molar-refractivity contribution is 7.74. The SMILES string of the molecule is CC1(C)[C@H](NC(=O)/C(=N\O[C@@H](COc2ccc(-c3ccc4nc(CN)[nH]c4c3)cc2)C(=O)O)c2csc(N)n2)C(=O)N1OS(=O)[O-]. The highest BCUT2D eigenvalue weighted by Gasteiger charge is 2.57. The monoisotopic (exact) mass is 671 g/mol. The lowest BCUT2D eigenvalue weighted by Gasteiger charge is -2.51. The Morgan fingerprint density at radius 1 is 1.24 bits per heavy atom. The number of ether oxygens (including phenoxy) is 1. The van der Waals surface area contributed by atoms with Crippen molar-refractivity contribution in [3.05, 3.63) is 59.4 Å². The fraction of sp³-hybridized carbons (Fsp3) is 0.259. The highest BCUT2D eigenvalue weighted by atomic mass is 32.2. The van der Waals surface area contributed by atoms with Crippen LogP contribution >= 0.6 is 11.3 Å². The van der Waals surface area contributed by atoms with E-state index in [0.29, 0.717) is 23.2 Å². The number of oxime groups is 1.